The van der Waals surface area contributed by atoms with Crippen LogP contribution in [0.25, 0.3) is 0 Å². The second-order valence-electron chi connectivity index (χ2n) is 2.89. The largest absolute Gasteiger partial charge is 0.453 e. The van der Waals surface area contributed by atoms with E-state index in [1.165, 1.54) is 0 Å². The maximum atomic E-state index is 8.58. The first-order chi connectivity index (χ1) is 6.24. The molecule has 3 nitrogen and oxygen atoms in total. The standard InChI is InChI=1S/C9H14BrNO2/c1-7(11-5-2-6-12)8-3-4-9(10)13-8/h3-4,7,11-12H,2,5-6H2,1H3. The van der Waals surface area contributed by atoms with Crippen LogP contribution in [0, 0.1) is 0 Å². The quantitative estimate of drug-likeness (QED) is 0.784. The predicted octanol–water partition coefficient (Wildman–Crippen LogP) is 2.08. The van der Waals surface area contributed by atoms with Gasteiger partial charge in [0.1, 0.15) is 5.76 Å². The summed E-state index contributed by atoms with van der Waals surface area (Å²) in [5, 5.41) is 11.8. The van der Waals surface area contributed by atoms with Gasteiger partial charge in [0.15, 0.2) is 4.67 Å². The minimum absolute atomic E-state index is 0.192. The lowest BCUT2D eigenvalue weighted by molar-refractivity contribution is 0.282. The van der Waals surface area contributed by atoms with E-state index >= 15 is 0 Å². The third-order valence-electron chi connectivity index (χ3n) is 1.81. The first-order valence-corrected chi connectivity index (χ1v) is 5.13. The molecule has 0 radical (unpaired) electrons. The summed E-state index contributed by atoms with van der Waals surface area (Å²) in [5.41, 5.74) is 0. The number of hydrogen-bond acceptors (Lipinski definition) is 3. The van der Waals surface area contributed by atoms with E-state index in [9.17, 15) is 0 Å². The van der Waals surface area contributed by atoms with Crippen molar-refractivity contribution in [3.8, 4) is 0 Å². The van der Waals surface area contributed by atoms with Gasteiger partial charge in [0.2, 0.25) is 0 Å². The van der Waals surface area contributed by atoms with Crippen molar-refractivity contribution in [2.45, 2.75) is 19.4 Å². The molecule has 0 fully saturated rings. The Kier molecular flexibility index (Phi) is 4.48. The molecule has 0 bridgehead atoms. The molecule has 0 aliphatic rings. The van der Waals surface area contributed by atoms with Gasteiger partial charge in [-0.05, 0) is 48.0 Å². The normalized spacial score (nSPS) is 13.2. The molecule has 74 valence electrons. The van der Waals surface area contributed by atoms with Crippen molar-refractivity contribution in [2.24, 2.45) is 0 Å². The highest BCUT2D eigenvalue weighted by Crippen LogP contribution is 2.19. The Morgan fingerprint density at radius 3 is 2.92 bits per heavy atom. The molecule has 13 heavy (non-hydrogen) atoms. The van der Waals surface area contributed by atoms with Crippen LogP contribution in [0.1, 0.15) is 25.1 Å². The molecule has 1 heterocycles. The minimum atomic E-state index is 0.192. The van der Waals surface area contributed by atoms with Gasteiger partial charge < -0.3 is 14.8 Å². The molecule has 2 N–H and O–H groups in total. The number of aliphatic hydroxyl groups is 1. The summed E-state index contributed by atoms with van der Waals surface area (Å²) in [4.78, 5) is 0. The van der Waals surface area contributed by atoms with E-state index in [0.717, 1.165) is 23.4 Å². The minimum Gasteiger partial charge on any atom is -0.453 e. The monoisotopic (exact) mass is 247 g/mol. The van der Waals surface area contributed by atoms with E-state index in [1.54, 1.807) is 0 Å². The van der Waals surface area contributed by atoms with Gasteiger partial charge in [0.25, 0.3) is 0 Å². The number of aliphatic hydroxyl groups excluding tert-OH is 1. The lowest BCUT2D eigenvalue weighted by Gasteiger charge is -2.09. The van der Waals surface area contributed by atoms with E-state index in [0.29, 0.717) is 0 Å². The number of halogens is 1. The van der Waals surface area contributed by atoms with Gasteiger partial charge in [-0.2, -0.15) is 0 Å². The van der Waals surface area contributed by atoms with Gasteiger partial charge in [-0.3, -0.25) is 0 Å². The zero-order valence-corrected chi connectivity index (χ0v) is 9.17. The zero-order chi connectivity index (χ0) is 9.68. The summed E-state index contributed by atoms with van der Waals surface area (Å²) in [6.45, 7) is 3.06. The van der Waals surface area contributed by atoms with Crippen molar-refractivity contribution in [2.75, 3.05) is 13.2 Å². The smallest absolute Gasteiger partial charge is 0.169 e. The fourth-order valence-electron chi connectivity index (χ4n) is 1.06. The third-order valence-corrected chi connectivity index (χ3v) is 2.23. The van der Waals surface area contributed by atoms with Gasteiger partial charge in [-0.1, -0.05) is 0 Å². The highest BCUT2D eigenvalue weighted by Gasteiger charge is 2.07. The highest BCUT2D eigenvalue weighted by molar-refractivity contribution is 9.10. The second-order valence-corrected chi connectivity index (χ2v) is 3.68. The summed E-state index contributed by atoms with van der Waals surface area (Å²) in [7, 11) is 0. The Bertz CT molecular complexity index is 250. The van der Waals surface area contributed by atoms with Crippen LogP contribution < -0.4 is 5.32 Å². The average Bonchev–Trinajstić information content (AvgIpc) is 2.52. The molecule has 0 spiro atoms. The van der Waals surface area contributed by atoms with Crippen molar-refractivity contribution in [1.82, 2.24) is 5.32 Å². The van der Waals surface area contributed by atoms with Crippen molar-refractivity contribution >= 4 is 15.9 Å². The zero-order valence-electron chi connectivity index (χ0n) is 7.59. The van der Waals surface area contributed by atoms with Crippen LogP contribution in [0.3, 0.4) is 0 Å². The van der Waals surface area contributed by atoms with Gasteiger partial charge in [0, 0.05) is 6.61 Å². The summed E-state index contributed by atoms with van der Waals surface area (Å²) in [6.07, 6.45) is 0.770. The molecule has 0 aliphatic carbocycles. The summed E-state index contributed by atoms with van der Waals surface area (Å²) in [5.74, 6) is 0.907. The van der Waals surface area contributed by atoms with Crippen molar-refractivity contribution in [3.63, 3.8) is 0 Å². The SMILES string of the molecule is CC(NCCCO)c1ccc(Br)o1. The third kappa shape index (κ3) is 3.50. The lowest BCUT2D eigenvalue weighted by atomic mass is 10.2. The van der Waals surface area contributed by atoms with Crippen LogP contribution in [0.2, 0.25) is 0 Å². The van der Waals surface area contributed by atoms with Gasteiger partial charge >= 0.3 is 0 Å². The maximum Gasteiger partial charge on any atom is 0.169 e. The molecule has 0 saturated carbocycles. The molecule has 0 saturated heterocycles. The molecule has 1 unspecified atom stereocenters. The molecule has 1 aromatic heterocycles. The van der Waals surface area contributed by atoms with Crippen LogP contribution in [0.15, 0.2) is 21.2 Å². The van der Waals surface area contributed by atoms with Crippen molar-refractivity contribution in [1.29, 1.82) is 0 Å². The number of nitrogens with one attached hydrogen (secondary N) is 1. The average molecular weight is 248 g/mol. The second kappa shape index (κ2) is 5.42. The van der Waals surface area contributed by atoms with E-state index in [1.807, 2.05) is 19.1 Å². The van der Waals surface area contributed by atoms with Gasteiger partial charge in [0.05, 0.1) is 6.04 Å². The van der Waals surface area contributed by atoms with Crippen molar-refractivity contribution < 1.29 is 9.52 Å². The molecule has 0 aliphatic heterocycles. The van der Waals surface area contributed by atoms with E-state index in [4.69, 9.17) is 9.52 Å². The molecule has 0 aromatic carbocycles. The first kappa shape index (κ1) is 10.8. The van der Waals surface area contributed by atoms with E-state index in [2.05, 4.69) is 21.2 Å². The lowest BCUT2D eigenvalue weighted by Crippen LogP contribution is -2.20. The molecular weight excluding hydrogens is 234 g/mol. The highest BCUT2D eigenvalue weighted by atomic mass is 79.9. The fourth-order valence-corrected chi connectivity index (χ4v) is 1.38. The summed E-state index contributed by atoms with van der Waals surface area (Å²) >= 11 is 3.25. The number of furan rings is 1. The van der Waals surface area contributed by atoms with Crippen LogP contribution in [-0.2, 0) is 0 Å². The van der Waals surface area contributed by atoms with Gasteiger partial charge in [-0.15, -0.1) is 0 Å². The fraction of sp³-hybridized carbons (Fsp3) is 0.556. The Hall–Kier alpha value is -0.320. The predicted molar refractivity (Wildman–Crippen MR) is 54.5 cm³/mol. The van der Waals surface area contributed by atoms with Crippen molar-refractivity contribution in [3.05, 3.63) is 22.6 Å². The molecular formula is C9H14BrNO2. The maximum absolute atomic E-state index is 8.58. The molecule has 1 aromatic rings. The van der Waals surface area contributed by atoms with Gasteiger partial charge in [-0.25, -0.2) is 0 Å². The van der Waals surface area contributed by atoms with Crippen LogP contribution in [0.5, 0.6) is 0 Å². The Labute approximate surface area is 86.3 Å². The Morgan fingerprint density at radius 2 is 2.38 bits per heavy atom. The van der Waals surface area contributed by atoms with E-state index < -0.39 is 0 Å². The van der Waals surface area contributed by atoms with Crippen LogP contribution in [0.4, 0.5) is 0 Å². The summed E-state index contributed by atoms with van der Waals surface area (Å²) < 4.78 is 6.12. The Balaban J connectivity index is 2.35. The number of hydrogen-bond donors (Lipinski definition) is 2. The topological polar surface area (TPSA) is 45.4 Å². The molecule has 1 atom stereocenters. The molecule has 4 heteroatoms. The Morgan fingerprint density at radius 1 is 1.62 bits per heavy atom. The first-order valence-electron chi connectivity index (χ1n) is 4.33. The number of rotatable bonds is 5. The molecule has 1 rings (SSSR count). The van der Waals surface area contributed by atoms with E-state index in [-0.39, 0.29) is 12.6 Å². The van der Waals surface area contributed by atoms with Crippen LogP contribution in [-0.4, -0.2) is 18.3 Å². The molecule has 0 amide bonds. The van der Waals surface area contributed by atoms with Crippen LogP contribution >= 0.6 is 15.9 Å². The summed E-state index contributed by atoms with van der Waals surface area (Å²) in [6, 6.07) is 4.00.